The number of aliphatic imine (C=N–C) groups is 1. The summed E-state index contributed by atoms with van der Waals surface area (Å²) in [5.41, 5.74) is 0.867. The third-order valence-corrected chi connectivity index (χ3v) is 6.28. The maximum atomic E-state index is 12.7. The molecule has 1 atom stereocenters. The third kappa shape index (κ3) is 8.33. The molecule has 1 unspecified atom stereocenters. The molecule has 1 aliphatic heterocycles. The highest BCUT2D eigenvalue weighted by Crippen LogP contribution is 2.30. The zero-order valence-electron chi connectivity index (χ0n) is 17.6. The first kappa shape index (κ1) is 23.3. The van der Waals surface area contributed by atoms with Gasteiger partial charge in [-0.3, -0.25) is 0 Å². The van der Waals surface area contributed by atoms with Gasteiger partial charge in [0.25, 0.3) is 0 Å². The molecule has 0 saturated carbocycles. The number of rotatable bonds is 5. The maximum absolute atomic E-state index is 12.7. The molecule has 0 spiro atoms. The molecule has 0 aromatic carbocycles. The summed E-state index contributed by atoms with van der Waals surface area (Å²) in [5, 5.41) is 0.961. The Labute approximate surface area is 164 Å². The lowest BCUT2D eigenvalue weighted by Gasteiger charge is -2.27. The number of nitrogens with zero attached hydrogens (tertiary/aromatic N) is 2. The molecule has 1 heterocycles. The summed E-state index contributed by atoms with van der Waals surface area (Å²) in [6, 6.07) is -0.0481. The number of urea groups is 1. The second-order valence-corrected chi connectivity index (χ2v) is 8.59. The van der Waals surface area contributed by atoms with E-state index < -0.39 is 0 Å². The Bertz CT molecular complexity index is 457. The van der Waals surface area contributed by atoms with E-state index in [1.165, 1.54) is 51.4 Å². The van der Waals surface area contributed by atoms with E-state index in [0.717, 1.165) is 55.2 Å². The predicted octanol–water partition coefficient (Wildman–Crippen LogP) is 6.78. The normalized spacial score (nSPS) is 21.2. The molecule has 0 radical (unpaired) electrons. The molecule has 2 amide bonds. The average molecular weight is 381 g/mol. The van der Waals surface area contributed by atoms with Crippen molar-refractivity contribution < 1.29 is 4.79 Å². The molecule has 0 bridgehead atoms. The third-order valence-electron chi connectivity index (χ3n) is 5.99. The van der Waals surface area contributed by atoms with E-state index in [9.17, 15) is 4.79 Å². The van der Waals surface area contributed by atoms with Gasteiger partial charge in [-0.15, -0.1) is 8.86 Å². The van der Waals surface area contributed by atoms with E-state index in [2.05, 4.69) is 27.7 Å². The SMILES string of the molecule is CC/C(=N\C(=O)N1CCCCCCC(C(CC)CC)CCCC1)C(C)=P. The summed E-state index contributed by atoms with van der Waals surface area (Å²) in [5.74, 6) is 1.76. The highest BCUT2D eigenvalue weighted by Gasteiger charge is 2.19. The van der Waals surface area contributed by atoms with E-state index in [0.29, 0.717) is 0 Å². The van der Waals surface area contributed by atoms with Crippen LogP contribution in [0.1, 0.15) is 98.3 Å². The summed E-state index contributed by atoms with van der Waals surface area (Å²) < 4.78 is 0. The molecule has 1 saturated heterocycles. The van der Waals surface area contributed by atoms with Crippen LogP contribution in [0.25, 0.3) is 0 Å². The number of hydrogen-bond acceptors (Lipinski definition) is 1. The van der Waals surface area contributed by atoms with Gasteiger partial charge >= 0.3 is 6.03 Å². The predicted molar refractivity (Wildman–Crippen MR) is 118 cm³/mol. The van der Waals surface area contributed by atoms with Crippen LogP contribution in [-0.2, 0) is 0 Å². The van der Waals surface area contributed by atoms with Gasteiger partial charge in [-0.25, -0.2) is 4.79 Å². The lowest BCUT2D eigenvalue weighted by atomic mass is 9.81. The fraction of sp³-hybridized carbons (Fsp3) is 0.864. The second-order valence-electron chi connectivity index (χ2n) is 7.84. The molecule has 1 aliphatic rings. The van der Waals surface area contributed by atoms with Crippen LogP contribution >= 0.6 is 8.86 Å². The van der Waals surface area contributed by atoms with Crippen molar-refractivity contribution in [2.24, 2.45) is 16.8 Å². The quantitative estimate of drug-likeness (QED) is 0.382. The van der Waals surface area contributed by atoms with Gasteiger partial charge in [0.1, 0.15) is 0 Å². The first-order valence-electron chi connectivity index (χ1n) is 10.9. The zero-order chi connectivity index (χ0) is 19.4. The van der Waals surface area contributed by atoms with Gasteiger partial charge in [-0.1, -0.05) is 72.1 Å². The Kier molecular flexibility index (Phi) is 12.1. The fourth-order valence-corrected chi connectivity index (χ4v) is 4.49. The average Bonchev–Trinajstić information content (AvgIpc) is 2.62. The van der Waals surface area contributed by atoms with Crippen LogP contribution in [0.15, 0.2) is 4.99 Å². The molecule has 1 rings (SSSR count). The molecular formula is C22H41N2OP. The first-order chi connectivity index (χ1) is 12.5. The number of amides is 2. The van der Waals surface area contributed by atoms with E-state index in [-0.39, 0.29) is 6.03 Å². The molecule has 1 fully saturated rings. The lowest BCUT2D eigenvalue weighted by molar-refractivity contribution is 0.201. The van der Waals surface area contributed by atoms with Gasteiger partial charge in [0.2, 0.25) is 0 Å². The molecule has 3 nitrogen and oxygen atoms in total. The Hall–Kier alpha value is -0.690. The fourth-order valence-electron chi connectivity index (χ4n) is 4.26. The van der Waals surface area contributed by atoms with Gasteiger partial charge in [0.05, 0.1) is 5.71 Å². The van der Waals surface area contributed by atoms with Gasteiger partial charge in [0.15, 0.2) is 0 Å². The van der Waals surface area contributed by atoms with Crippen molar-refractivity contribution in [3.8, 4) is 0 Å². The van der Waals surface area contributed by atoms with Crippen LogP contribution in [0, 0.1) is 11.8 Å². The Morgan fingerprint density at radius 1 is 1.00 bits per heavy atom. The second kappa shape index (κ2) is 13.5. The lowest BCUT2D eigenvalue weighted by Crippen LogP contribution is -2.32. The van der Waals surface area contributed by atoms with Crippen molar-refractivity contribution in [1.29, 1.82) is 0 Å². The number of carbonyl (C=O) groups is 1. The topological polar surface area (TPSA) is 32.7 Å². The van der Waals surface area contributed by atoms with Crippen molar-refractivity contribution >= 4 is 25.9 Å². The van der Waals surface area contributed by atoms with Crippen molar-refractivity contribution in [1.82, 2.24) is 4.90 Å². The molecule has 0 N–H and O–H groups in total. The highest BCUT2D eigenvalue weighted by atomic mass is 31.0. The van der Waals surface area contributed by atoms with E-state index >= 15 is 0 Å². The van der Waals surface area contributed by atoms with Crippen LogP contribution in [0.4, 0.5) is 4.79 Å². The number of hydrogen-bond donors (Lipinski definition) is 0. The van der Waals surface area contributed by atoms with Gasteiger partial charge in [-0.05, 0) is 43.3 Å². The summed E-state index contributed by atoms with van der Waals surface area (Å²) in [6.07, 6.45) is 13.5. The molecule has 4 heteroatoms. The minimum absolute atomic E-state index is 0.0481. The summed E-state index contributed by atoms with van der Waals surface area (Å²) in [7, 11) is 3.52. The van der Waals surface area contributed by atoms with Crippen molar-refractivity contribution in [2.45, 2.75) is 98.3 Å². The van der Waals surface area contributed by atoms with Crippen LogP contribution in [0.2, 0.25) is 0 Å². The maximum Gasteiger partial charge on any atom is 0.343 e. The van der Waals surface area contributed by atoms with Crippen LogP contribution in [0.3, 0.4) is 0 Å². The van der Waals surface area contributed by atoms with E-state index in [1.807, 2.05) is 18.7 Å². The minimum atomic E-state index is -0.0481. The van der Waals surface area contributed by atoms with Gasteiger partial charge in [-0.2, -0.15) is 4.99 Å². The highest BCUT2D eigenvalue weighted by molar-refractivity contribution is 7.25. The standard InChI is InChI=1S/C22H41N2OP/c1-5-19(6-2)20-14-10-8-9-12-16-24(17-13-11-15-20)22(25)23-21(7-3)18(4)26/h19-20,26H,5-17H2,1-4H3/b23-21+. The smallest absolute Gasteiger partial charge is 0.323 e. The molecular weight excluding hydrogens is 339 g/mol. The van der Waals surface area contributed by atoms with E-state index in [1.54, 1.807) is 0 Å². The Morgan fingerprint density at radius 3 is 2.08 bits per heavy atom. The zero-order valence-corrected chi connectivity index (χ0v) is 18.6. The summed E-state index contributed by atoms with van der Waals surface area (Å²) >= 11 is 0. The molecule has 0 aliphatic carbocycles. The van der Waals surface area contributed by atoms with Crippen molar-refractivity contribution in [2.75, 3.05) is 13.1 Å². The van der Waals surface area contributed by atoms with Gasteiger partial charge in [0, 0.05) is 13.1 Å². The minimum Gasteiger partial charge on any atom is -0.323 e. The first-order valence-corrected chi connectivity index (χ1v) is 11.4. The van der Waals surface area contributed by atoms with Gasteiger partial charge < -0.3 is 4.90 Å². The van der Waals surface area contributed by atoms with Crippen LogP contribution < -0.4 is 0 Å². The largest absolute Gasteiger partial charge is 0.343 e. The molecule has 26 heavy (non-hydrogen) atoms. The molecule has 0 aromatic heterocycles. The van der Waals surface area contributed by atoms with E-state index in [4.69, 9.17) is 0 Å². The monoisotopic (exact) mass is 380 g/mol. The molecule has 150 valence electrons. The van der Waals surface area contributed by atoms with Crippen LogP contribution in [-0.4, -0.2) is 35.0 Å². The number of carbonyl (C=O) groups excluding carboxylic acids is 1. The van der Waals surface area contributed by atoms with Crippen LogP contribution in [0.5, 0.6) is 0 Å². The van der Waals surface area contributed by atoms with Crippen molar-refractivity contribution in [3.05, 3.63) is 0 Å². The summed E-state index contributed by atoms with van der Waals surface area (Å²) in [6.45, 7) is 10.4. The Balaban J connectivity index is 2.69. The Morgan fingerprint density at radius 2 is 1.54 bits per heavy atom. The van der Waals surface area contributed by atoms with Crippen molar-refractivity contribution in [3.63, 3.8) is 0 Å². The summed E-state index contributed by atoms with van der Waals surface area (Å²) in [4.78, 5) is 19.0. The molecule has 0 aromatic rings.